The summed E-state index contributed by atoms with van der Waals surface area (Å²) in [5.41, 5.74) is 0. The highest BCUT2D eigenvalue weighted by Crippen LogP contribution is 2.30. The molecule has 1 aliphatic rings. The number of ether oxygens (including phenoxy) is 1. The Balaban J connectivity index is 2.41. The van der Waals surface area contributed by atoms with Gasteiger partial charge in [0.05, 0.1) is 6.61 Å². The standard InChI is InChI=1S/C11H19NO3/c1-3-7-12(8-10(13)15-4-2)11(14)9-5-6-9/h9H,3-8H2,1-2H3. The minimum Gasteiger partial charge on any atom is -0.465 e. The van der Waals surface area contributed by atoms with E-state index in [1.807, 2.05) is 6.92 Å². The fourth-order valence-electron chi connectivity index (χ4n) is 1.49. The highest BCUT2D eigenvalue weighted by molar-refractivity contribution is 5.85. The van der Waals surface area contributed by atoms with Crippen molar-refractivity contribution in [2.75, 3.05) is 19.7 Å². The van der Waals surface area contributed by atoms with Gasteiger partial charge in [0.2, 0.25) is 5.91 Å². The quantitative estimate of drug-likeness (QED) is 0.623. The van der Waals surface area contributed by atoms with Gasteiger partial charge in [0.25, 0.3) is 0 Å². The number of hydrogen-bond acceptors (Lipinski definition) is 3. The van der Waals surface area contributed by atoms with E-state index in [-0.39, 0.29) is 24.3 Å². The van der Waals surface area contributed by atoms with E-state index in [4.69, 9.17) is 4.74 Å². The summed E-state index contributed by atoms with van der Waals surface area (Å²) in [6.07, 6.45) is 2.82. The van der Waals surface area contributed by atoms with E-state index in [1.54, 1.807) is 11.8 Å². The first kappa shape index (κ1) is 12.0. The Labute approximate surface area is 90.6 Å². The lowest BCUT2D eigenvalue weighted by Gasteiger charge is -2.20. The summed E-state index contributed by atoms with van der Waals surface area (Å²) in [5, 5.41) is 0. The second-order valence-corrected chi connectivity index (χ2v) is 3.84. The summed E-state index contributed by atoms with van der Waals surface area (Å²) in [5.74, 6) is -0.0178. The second kappa shape index (κ2) is 5.73. The summed E-state index contributed by atoms with van der Waals surface area (Å²) in [6.45, 7) is 4.89. The average Bonchev–Trinajstić information content (AvgIpc) is 2.99. The van der Waals surface area contributed by atoms with Crippen LogP contribution in [0, 0.1) is 5.92 Å². The smallest absolute Gasteiger partial charge is 0.325 e. The fraction of sp³-hybridized carbons (Fsp3) is 0.818. The number of amides is 1. The SMILES string of the molecule is CCCN(CC(=O)OCC)C(=O)C1CC1. The van der Waals surface area contributed by atoms with Crippen LogP contribution in [0.15, 0.2) is 0 Å². The van der Waals surface area contributed by atoms with Crippen molar-refractivity contribution in [3.8, 4) is 0 Å². The lowest BCUT2D eigenvalue weighted by atomic mass is 10.3. The molecule has 0 aromatic heterocycles. The normalized spacial score (nSPS) is 14.8. The zero-order chi connectivity index (χ0) is 11.3. The molecule has 86 valence electrons. The number of hydrogen-bond donors (Lipinski definition) is 0. The number of rotatable bonds is 6. The Morgan fingerprint density at radius 2 is 2.00 bits per heavy atom. The van der Waals surface area contributed by atoms with Crippen molar-refractivity contribution in [3.05, 3.63) is 0 Å². The van der Waals surface area contributed by atoms with Gasteiger partial charge in [-0.25, -0.2) is 0 Å². The van der Waals surface area contributed by atoms with Crippen molar-refractivity contribution >= 4 is 11.9 Å². The van der Waals surface area contributed by atoms with E-state index >= 15 is 0 Å². The maximum Gasteiger partial charge on any atom is 0.325 e. The molecule has 0 bridgehead atoms. The van der Waals surface area contributed by atoms with Crippen LogP contribution in [0.1, 0.15) is 33.1 Å². The summed E-state index contributed by atoms with van der Waals surface area (Å²) in [6, 6.07) is 0. The van der Waals surface area contributed by atoms with Gasteiger partial charge in [-0.1, -0.05) is 6.92 Å². The second-order valence-electron chi connectivity index (χ2n) is 3.84. The maximum atomic E-state index is 11.8. The maximum absolute atomic E-state index is 11.8. The predicted octanol–water partition coefficient (Wildman–Crippen LogP) is 1.20. The molecule has 1 aliphatic carbocycles. The van der Waals surface area contributed by atoms with Crippen LogP contribution in [0.3, 0.4) is 0 Å². The molecule has 15 heavy (non-hydrogen) atoms. The van der Waals surface area contributed by atoms with Crippen LogP contribution in [-0.4, -0.2) is 36.5 Å². The van der Waals surface area contributed by atoms with Crippen LogP contribution in [0.4, 0.5) is 0 Å². The molecule has 0 spiro atoms. The van der Waals surface area contributed by atoms with Crippen molar-refractivity contribution in [2.24, 2.45) is 5.92 Å². The van der Waals surface area contributed by atoms with Crippen LogP contribution < -0.4 is 0 Å². The topological polar surface area (TPSA) is 46.6 Å². The van der Waals surface area contributed by atoms with Gasteiger partial charge < -0.3 is 9.64 Å². The first-order valence-corrected chi connectivity index (χ1v) is 5.63. The van der Waals surface area contributed by atoms with Gasteiger partial charge >= 0.3 is 5.97 Å². The largest absolute Gasteiger partial charge is 0.465 e. The summed E-state index contributed by atoms with van der Waals surface area (Å²) >= 11 is 0. The average molecular weight is 213 g/mol. The third kappa shape index (κ3) is 3.90. The molecule has 0 saturated heterocycles. The molecular weight excluding hydrogens is 194 g/mol. The van der Waals surface area contributed by atoms with E-state index in [2.05, 4.69) is 0 Å². The number of nitrogens with zero attached hydrogens (tertiary/aromatic N) is 1. The van der Waals surface area contributed by atoms with Gasteiger partial charge in [0.1, 0.15) is 6.54 Å². The molecule has 0 unspecified atom stereocenters. The van der Waals surface area contributed by atoms with Gasteiger partial charge in [0, 0.05) is 12.5 Å². The molecule has 0 radical (unpaired) electrons. The molecule has 0 N–H and O–H groups in total. The van der Waals surface area contributed by atoms with E-state index in [9.17, 15) is 9.59 Å². The van der Waals surface area contributed by atoms with Crippen LogP contribution in [-0.2, 0) is 14.3 Å². The Kier molecular flexibility index (Phi) is 4.59. The van der Waals surface area contributed by atoms with Crippen molar-refractivity contribution in [3.63, 3.8) is 0 Å². The molecule has 0 heterocycles. The van der Waals surface area contributed by atoms with Crippen LogP contribution in [0.2, 0.25) is 0 Å². The molecule has 1 fully saturated rings. The van der Waals surface area contributed by atoms with Crippen molar-refractivity contribution in [1.82, 2.24) is 4.90 Å². The van der Waals surface area contributed by atoms with E-state index in [0.717, 1.165) is 19.3 Å². The minimum absolute atomic E-state index is 0.108. The van der Waals surface area contributed by atoms with Crippen LogP contribution in [0.5, 0.6) is 0 Å². The zero-order valence-electron chi connectivity index (χ0n) is 9.49. The van der Waals surface area contributed by atoms with Gasteiger partial charge in [0.15, 0.2) is 0 Å². The Hall–Kier alpha value is -1.06. The van der Waals surface area contributed by atoms with Crippen molar-refractivity contribution in [2.45, 2.75) is 33.1 Å². The molecule has 4 nitrogen and oxygen atoms in total. The van der Waals surface area contributed by atoms with Crippen molar-refractivity contribution in [1.29, 1.82) is 0 Å². The number of carbonyl (C=O) groups is 2. The van der Waals surface area contributed by atoms with Crippen molar-refractivity contribution < 1.29 is 14.3 Å². The Morgan fingerprint density at radius 1 is 1.33 bits per heavy atom. The fourth-order valence-corrected chi connectivity index (χ4v) is 1.49. The summed E-state index contributed by atoms with van der Waals surface area (Å²) < 4.78 is 4.84. The van der Waals surface area contributed by atoms with E-state index in [0.29, 0.717) is 13.2 Å². The van der Waals surface area contributed by atoms with E-state index in [1.165, 1.54) is 0 Å². The lowest BCUT2D eigenvalue weighted by molar-refractivity contribution is -0.149. The molecule has 4 heteroatoms. The molecular formula is C11H19NO3. The van der Waals surface area contributed by atoms with Gasteiger partial charge in [-0.2, -0.15) is 0 Å². The molecule has 1 saturated carbocycles. The minimum atomic E-state index is -0.306. The van der Waals surface area contributed by atoms with Gasteiger partial charge in [-0.15, -0.1) is 0 Å². The molecule has 1 rings (SSSR count). The van der Waals surface area contributed by atoms with E-state index < -0.39 is 0 Å². The third-order valence-electron chi connectivity index (χ3n) is 2.36. The number of carbonyl (C=O) groups excluding carboxylic acids is 2. The van der Waals surface area contributed by atoms with Crippen LogP contribution in [0.25, 0.3) is 0 Å². The molecule has 0 aliphatic heterocycles. The molecule has 0 atom stereocenters. The Morgan fingerprint density at radius 3 is 2.47 bits per heavy atom. The molecule has 0 aromatic rings. The summed E-state index contributed by atoms with van der Waals surface area (Å²) in [4.78, 5) is 24.6. The summed E-state index contributed by atoms with van der Waals surface area (Å²) in [7, 11) is 0. The van der Waals surface area contributed by atoms with Gasteiger partial charge in [-0.3, -0.25) is 9.59 Å². The van der Waals surface area contributed by atoms with Gasteiger partial charge in [-0.05, 0) is 26.2 Å². The molecule has 0 aromatic carbocycles. The molecule has 1 amide bonds. The highest BCUT2D eigenvalue weighted by atomic mass is 16.5. The number of esters is 1. The zero-order valence-corrected chi connectivity index (χ0v) is 9.49. The third-order valence-corrected chi connectivity index (χ3v) is 2.36. The van der Waals surface area contributed by atoms with Crippen LogP contribution >= 0.6 is 0 Å². The lowest BCUT2D eigenvalue weighted by Crippen LogP contribution is -2.38. The highest BCUT2D eigenvalue weighted by Gasteiger charge is 2.33. The predicted molar refractivity (Wildman–Crippen MR) is 56.2 cm³/mol. The monoisotopic (exact) mass is 213 g/mol. The first-order valence-electron chi connectivity index (χ1n) is 5.63. The first-order chi connectivity index (χ1) is 7.19. The Bertz CT molecular complexity index is 236.